The molecule has 110 valence electrons. The first-order valence-electron chi connectivity index (χ1n) is 6.77. The maximum atomic E-state index is 6.16. The molecule has 0 aliphatic heterocycles. The predicted octanol–water partition coefficient (Wildman–Crippen LogP) is 5.38. The molecular weight excluding hydrogens is 325 g/mol. The molecular formula is C15H15Cl2N3S. The van der Waals surface area contributed by atoms with E-state index < -0.39 is 0 Å². The fourth-order valence-corrected chi connectivity index (χ4v) is 3.76. The summed E-state index contributed by atoms with van der Waals surface area (Å²) in [7, 11) is 0. The molecule has 0 spiro atoms. The summed E-state index contributed by atoms with van der Waals surface area (Å²) in [4.78, 5) is 5.70. The molecule has 1 atom stereocenters. The minimum atomic E-state index is 0.178. The first-order chi connectivity index (χ1) is 10.1. The third-order valence-electron chi connectivity index (χ3n) is 3.50. The smallest absolute Gasteiger partial charge is 0.201 e. The second-order valence-electron chi connectivity index (χ2n) is 4.91. The zero-order valence-corrected chi connectivity index (χ0v) is 13.8. The van der Waals surface area contributed by atoms with Gasteiger partial charge in [-0.15, -0.1) is 11.3 Å². The third-order valence-corrected chi connectivity index (χ3v) is 5.20. The van der Waals surface area contributed by atoms with Crippen LogP contribution < -0.4 is 5.73 Å². The summed E-state index contributed by atoms with van der Waals surface area (Å²) >= 11 is 14.0. The minimum absolute atomic E-state index is 0.178. The summed E-state index contributed by atoms with van der Waals surface area (Å²) in [5, 5.41) is 3.10. The highest BCUT2D eigenvalue weighted by Crippen LogP contribution is 2.35. The van der Waals surface area contributed by atoms with Gasteiger partial charge in [0, 0.05) is 4.88 Å². The average Bonchev–Trinajstić information content (AvgIpc) is 3.06. The van der Waals surface area contributed by atoms with Crippen LogP contribution in [0.1, 0.15) is 30.7 Å². The van der Waals surface area contributed by atoms with Crippen LogP contribution in [0.25, 0.3) is 11.0 Å². The van der Waals surface area contributed by atoms with Crippen molar-refractivity contribution in [3.05, 3.63) is 44.6 Å². The minimum Gasteiger partial charge on any atom is -0.369 e. The fraction of sp³-hybridized carbons (Fsp3) is 0.267. The summed E-state index contributed by atoms with van der Waals surface area (Å²) in [5.74, 6) is 0.496. The predicted molar refractivity (Wildman–Crippen MR) is 91.5 cm³/mol. The van der Waals surface area contributed by atoms with Crippen LogP contribution in [-0.4, -0.2) is 9.55 Å². The highest BCUT2D eigenvalue weighted by molar-refractivity contribution is 7.10. The summed E-state index contributed by atoms with van der Waals surface area (Å²) in [6, 6.07) is 7.98. The molecule has 21 heavy (non-hydrogen) atoms. The average molecular weight is 340 g/mol. The van der Waals surface area contributed by atoms with Gasteiger partial charge in [-0.25, -0.2) is 4.98 Å². The van der Waals surface area contributed by atoms with Crippen LogP contribution in [0, 0.1) is 0 Å². The summed E-state index contributed by atoms with van der Waals surface area (Å²) in [6.07, 6.45) is 2.05. The molecule has 0 radical (unpaired) electrons. The number of hydrogen-bond acceptors (Lipinski definition) is 3. The van der Waals surface area contributed by atoms with E-state index in [0.717, 1.165) is 23.9 Å². The van der Waals surface area contributed by atoms with Crippen LogP contribution >= 0.6 is 34.5 Å². The van der Waals surface area contributed by atoms with Crippen molar-refractivity contribution in [2.45, 2.75) is 25.8 Å². The number of aromatic nitrogens is 2. The molecule has 0 aliphatic carbocycles. The Kier molecular flexibility index (Phi) is 4.11. The fourth-order valence-electron chi connectivity index (χ4n) is 2.59. The highest BCUT2D eigenvalue weighted by atomic mass is 35.5. The molecule has 1 aromatic carbocycles. The van der Waals surface area contributed by atoms with E-state index in [1.165, 1.54) is 4.88 Å². The molecule has 0 aliphatic rings. The number of rotatable bonds is 4. The number of halogens is 2. The molecule has 0 bridgehead atoms. The van der Waals surface area contributed by atoms with Gasteiger partial charge >= 0.3 is 0 Å². The van der Waals surface area contributed by atoms with Crippen LogP contribution in [0.4, 0.5) is 5.95 Å². The van der Waals surface area contributed by atoms with Gasteiger partial charge in [-0.2, -0.15) is 0 Å². The van der Waals surface area contributed by atoms with Crippen LogP contribution in [-0.2, 0) is 0 Å². The maximum Gasteiger partial charge on any atom is 0.201 e. The maximum absolute atomic E-state index is 6.16. The Labute approximate surface area is 137 Å². The second-order valence-corrected chi connectivity index (χ2v) is 6.71. The Balaban J connectivity index is 2.21. The van der Waals surface area contributed by atoms with Gasteiger partial charge in [-0.1, -0.05) is 42.6 Å². The van der Waals surface area contributed by atoms with E-state index in [1.54, 1.807) is 17.4 Å². The van der Waals surface area contributed by atoms with Gasteiger partial charge in [0.15, 0.2) is 0 Å². The number of anilines is 1. The number of thiophene rings is 1. The van der Waals surface area contributed by atoms with Crippen molar-refractivity contribution in [1.29, 1.82) is 0 Å². The summed E-state index contributed by atoms with van der Waals surface area (Å²) < 4.78 is 2.06. The van der Waals surface area contributed by atoms with E-state index in [1.807, 2.05) is 6.07 Å². The van der Waals surface area contributed by atoms with E-state index in [9.17, 15) is 0 Å². The number of imidazole rings is 1. The highest BCUT2D eigenvalue weighted by Gasteiger charge is 2.20. The van der Waals surface area contributed by atoms with Crippen molar-refractivity contribution in [1.82, 2.24) is 9.55 Å². The molecule has 0 saturated carbocycles. The normalized spacial score (nSPS) is 12.9. The summed E-state index contributed by atoms with van der Waals surface area (Å²) in [6.45, 7) is 2.17. The first-order valence-corrected chi connectivity index (χ1v) is 8.41. The Morgan fingerprint density at radius 2 is 2.10 bits per heavy atom. The van der Waals surface area contributed by atoms with E-state index >= 15 is 0 Å². The number of nitrogen functional groups attached to an aromatic ring is 1. The molecule has 2 aromatic heterocycles. The lowest BCUT2D eigenvalue weighted by molar-refractivity contribution is 0.560. The lowest BCUT2D eigenvalue weighted by atomic mass is 10.1. The number of hydrogen-bond donors (Lipinski definition) is 1. The van der Waals surface area contributed by atoms with Crippen molar-refractivity contribution >= 4 is 51.5 Å². The van der Waals surface area contributed by atoms with Crippen LogP contribution in [0.3, 0.4) is 0 Å². The molecule has 0 saturated heterocycles. The number of benzene rings is 1. The van der Waals surface area contributed by atoms with Gasteiger partial charge in [-0.05, 0) is 30.0 Å². The van der Waals surface area contributed by atoms with Gasteiger partial charge in [0.25, 0.3) is 0 Å². The van der Waals surface area contributed by atoms with E-state index in [0.29, 0.717) is 16.0 Å². The quantitative estimate of drug-likeness (QED) is 0.693. The molecule has 3 rings (SSSR count). The zero-order chi connectivity index (χ0) is 15.0. The third kappa shape index (κ3) is 2.63. The lowest BCUT2D eigenvalue weighted by Gasteiger charge is -2.19. The standard InChI is InChI=1S/C15H15Cl2N3S/c1-2-4-12(14-5-3-6-21-14)20-13-8-10(17)9(16)7-11(13)19-15(20)18/h3,5-8,12H,2,4H2,1H3,(H2,18,19). The molecule has 0 amide bonds. The van der Waals surface area contributed by atoms with Crippen molar-refractivity contribution < 1.29 is 0 Å². The molecule has 3 aromatic rings. The number of fused-ring (bicyclic) bond motifs is 1. The summed E-state index contributed by atoms with van der Waals surface area (Å²) in [5.41, 5.74) is 7.86. The van der Waals surface area contributed by atoms with E-state index in [2.05, 4.69) is 34.0 Å². The molecule has 0 fully saturated rings. The van der Waals surface area contributed by atoms with Crippen molar-refractivity contribution in [2.24, 2.45) is 0 Å². The Morgan fingerprint density at radius 1 is 1.33 bits per heavy atom. The van der Waals surface area contributed by atoms with Crippen molar-refractivity contribution in [3.8, 4) is 0 Å². The molecule has 1 unspecified atom stereocenters. The van der Waals surface area contributed by atoms with E-state index in [-0.39, 0.29) is 6.04 Å². The largest absolute Gasteiger partial charge is 0.369 e. The monoisotopic (exact) mass is 339 g/mol. The van der Waals surface area contributed by atoms with Crippen molar-refractivity contribution in [2.75, 3.05) is 5.73 Å². The lowest BCUT2D eigenvalue weighted by Crippen LogP contribution is -2.12. The molecule has 6 heteroatoms. The zero-order valence-electron chi connectivity index (χ0n) is 11.5. The van der Waals surface area contributed by atoms with Gasteiger partial charge in [0.1, 0.15) is 0 Å². The SMILES string of the molecule is CCCC(c1cccs1)n1c(N)nc2cc(Cl)c(Cl)cc21. The molecule has 2 N–H and O–H groups in total. The topological polar surface area (TPSA) is 43.8 Å². The van der Waals surface area contributed by atoms with Crippen LogP contribution in [0.2, 0.25) is 10.0 Å². The Morgan fingerprint density at radius 3 is 2.76 bits per heavy atom. The first kappa shape index (κ1) is 14.7. The number of nitrogens with zero attached hydrogens (tertiary/aromatic N) is 2. The van der Waals surface area contributed by atoms with Crippen molar-refractivity contribution in [3.63, 3.8) is 0 Å². The van der Waals surface area contributed by atoms with E-state index in [4.69, 9.17) is 28.9 Å². The van der Waals surface area contributed by atoms with Gasteiger partial charge < -0.3 is 10.3 Å². The number of nitrogens with two attached hydrogens (primary N) is 1. The van der Waals surface area contributed by atoms with Gasteiger partial charge in [0.2, 0.25) is 5.95 Å². The van der Waals surface area contributed by atoms with Crippen LogP contribution in [0.15, 0.2) is 29.6 Å². The molecule has 2 heterocycles. The molecule has 3 nitrogen and oxygen atoms in total. The van der Waals surface area contributed by atoms with Crippen LogP contribution in [0.5, 0.6) is 0 Å². The van der Waals surface area contributed by atoms with Gasteiger partial charge in [0.05, 0.1) is 27.1 Å². The second kappa shape index (κ2) is 5.87. The Bertz CT molecular complexity index is 765. The van der Waals surface area contributed by atoms with Gasteiger partial charge in [-0.3, -0.25) is 0 Å². The Hall–Kier alpha value is -1.23.